The third-order valence-electron chi connectivity index (χ3n) is 2.38. The molecule has 0 fully saturated rings. The maximum atomic E-state index is 4.29. The van der Waals surface area contributed by atoms with Gasteiger partial charge in [0.05, 0.1) is 0 Å². The van der Waals surface area contributed by atoms with Crippen LogP contribution in [0.1, 0.15) is 11.1 Å². The Kier molecular flexibility index (Phi) is 3.25. The van der Waals surface area contributed by atoms with Gasteiger partial charge in [0.2, 0.25) is 0 Å². The van der Waals surface area contributed by atoms with Crippen molar-refractivity contribution < 1.29 is 0 Å². The summed E-state index contributed by atoms with van der Waals surface area (Å²) in [5, 5.41) is 3.31. The number of hydrogen-bond donors (Lipinski definition) is 1. The van der Waals surface area contributed by atoms with Crippen LogP contribution in [0, 0.1) is 13.8 Å². The van der Waals surface area contributed by atoms with Gasteiger partial charge in [-0.1, -0.05) is 12.1 Å². The summed E-state index contributed by atoms with van der Waals surface area (Å²) in [4.78, 5) is 4.29. The molecule has 1 aromatic carbocycles. The second-order valence-corrected chi connectivity index (χ2v) is 4.72. The first-order valence-corrected chi connectivity index (χ1v) is 5.90. The Labute approximate surface area is 104 Å². The van der Waals surface area contributed by atoms with E-state index in [1.807, 2.05) is 12.1 Å². The van der Waals surface area contributed by atoms with Gasteiger partial charge in [-0.05, 0) is 59.1 Å². The number of halogens is 1. The number of aryl methyl sites for hydroxylation is 2. The molecule has 0 radical (unpaired) electrons. The van der Waals surface area contributed by atoms with Crippen LogP contribution in [0.5, 0.6) is 0 Å². The van der Waals surface area contributed by atoms with E-state index in [0.29, 0.717) is 0 Å². The Morgan fingerprint density at radius 3 is 2.62 bits per heavy atom. The molecule has 1 aromatic heterocycles. The predicted octanol–water partition coefficient (Wildman–Crippen LogP) is 4.20. The second-order valence-electron chi connectivity index (χ2n) is 3.81. The summed E-state index contributed by atoms with van der Waals surface area (Å²) in [7, 11) is 0. The molecule has 16 heavy (non-hydrogen) atoms. The van der Waals surface area contributed by atoms with Crippen molar-refractivity contribution in [2.75, 3.05) is 5.32 Å². The second kappa shape index (κ2) is 4.66. The normalized spacial score (nSPS) is 10.2. The highest BCUT2D eigenvalue weighted by molar-refractivity contribution is 9.10. The summed E-state index contributed by atoms with van der Waals surface area (Å²) in [5.41, 5.74) is 3.57. The van der Waals surface area contributed by atoms with Gasteiger partial charge in [-0.25, -0.2) is 4.98 Å². The molecule has 0 aliphatic heterocycles. The van der Waals surface area contributed by atoms with E-state index in [2.05, 4.69) is 58.3 Å². The number of pyridine rings is 1. The first-order valence-electron chi connectivity index (χ1n) is 5.11. The fourth-order valence-electron chi connectivity index (χ4n) is 1.46. The number of aromatic nitrogens is 1. The van der Waals surface area contributed by atoms with E-state index in [4.69, 9.17) is 0 Å². The van der Waals surface area contributed by atoms with Gasteiger partial charge in [0.15, 0.2) is 0 Å². The summed E-state index contributed by atoms with van der Waals surface area (Å²) < 4.78 is 0.985. The van der Waals surface area contributed by atoms with Crippen molar-refractivity contribution in [3.63, 3.8) is 0 Å². The number of benzene rings is 1. The Balaban J connectivity index is 2.26. The number of anilines is 2. The van der Waals surface area contributed by atoms with E-state index in [0.717, 1.165) is 16.0 Å². The van der Waals surface area contributed by atoms with Gasteiger partial charge in [0, 0.05) is 16.4 Å². The molecule has 0 unspecified atom stereocenters. The Bertz CT molecular complexity index is 492. The van der Waals surface area contributed by atoms with E-state index in [1.165, 1.54) is 11.1 Å². The van der Waals surface area contributed by atoms with Gasteiger partial charge in [-0.3, -0.25) is 0 Å². The molecule has 0 saturated carbocycles. The van der Waals surface area contributed by atoms with E-state index >= 15 is 0 Å². The summed E-state index contributed by atoms with van der Waals surface area (Å²) >= 11 is 3.37. The summed E-state index contributed by atoms with van der Waals surface area (Å²) in [6.07, 6.45) is 1.79. The Hall–Kier alpha value is -1.35. The number of hydrogen-bond acceptors (Lipinski definition) is 2. The first kappa shape index (κ1) is 11.1. The molecule has 3 heteroatoms. The van der Waals surface area contributed by atoms with Gasteiger partial charge >= 0.3 is 0 Å². The van der Waals surface area contributed by atoms with Crippen LogP contribution in [0.4, 0.5) is 11.5 Å². The summed E-state index contributed by atoms with van der Waals surface area (Å²) in [6, 6.07) is 10.3. The van der Waals surface area contributed by atoms with Crippen LogP contribution in [-0.4, -0.2) is 4.98 Å². The third-order valence-corrected chi connectivity index (χ3v) is 2.85. The molecule has 2 aromatic rings. The van der Waals surface area contributed by atoms with Gasteiger partial charge in [0.25, 0.3) is 0 Å². The average Bonchev–Trinajstić information content (AvgIpc) is 2.27. The van der Waals surface area contributed by atoms with Crippen molar-refractivity contribution in [3.05, 3.63) is 52.1 Å². The van der Waals surface area contributed by atoms with E-state index in [9.17, 15) is 0 Å². The fourth-order valence-corrected chi connectivity index (χ4v) is 1.69. The predicted molar refractivity (Wildman–Crippen MR) is 71.1 cm³/mol. The molecule has 2 rings (SSSR count). The van der Waals surface area contributed by atoms with Crippen LogP contribution >= 0.6 is 15.9 Å². The van der Waals surface area contributed by atoms with Crippen LogP contribution in [0.15, 0.2) is 41.0 Å². The zero-order valence-electron chi connectivity index (χ0n) is 9.29. The summed E-state index contributed by atoms with van der Waals surface area (Å²) in [6.45, 7) is 4.17. The lowest BCUT2D eigenvalue weighted by Crippen LogP contribution is -1.95. The first-order chi connectivity index (χ1) is 7.65. The summed E-state index contributed by atoms with van der Waals surface area (Å²) in [5.74, 6) is 0.858. The Morgan fingerprint density at radius 1 is 1.12 bits per heavy atom. The number of nitrogens with zero attached hydrogens (tertiary/aromatic N) is 1. The maximum Gasteiger partial charge on any atom is 0.130 e. The topological polar surface area (TPSA) is 24.9 Å². The molecule has 0 bridgehead atoms. The molecule has 2 nitrogen and oxygen atoms in total. The fraction of sp³-hybridized carbons (Fsp3) is 0.154. The van der Waals surface area contributed by atoms with E-state index in [1.54, 1.807) is 6.20 Å². The molecular formula is C13H13BrN2. The van der Waals surface area contributed by atoms with Gasteiger partial charge in [-0.2, -0.15) is 0 Å². The average molecular weight is 277 g/mol. The third kappa shape index (κ3) is 2.61. The van der Waals surface area contributed by atoms with Crippen molar-refractivity contribution >= 4 is 27.4 Å². The number of rotatable bonds is 2. The molecule has 1 heterocycles. The van der Waals surface area contributed by atoms with Crippen LogP contribution in [0.2, 0.25) is 0 Å². The van der Waals surface area contributed by atoms with Crippen molar-refractivity contribution in [2.45, 2.75) is 13.8 Å². The van der Waals surface area contributed by atoms with E-state index < -0.39 is 0 Å². The van der Waals surface area contributed by atoms with E-state index in [-0.39, 0.29) is 0 Å². The quantitative estimate of drug-likeness (QED) is 0.889. The van der Waals surface area contributed by atoms with Crippen molar-refractivity contribution in [3.8, 4) is 0 Å². The lowest BCUT2D eigenvalue weighted by atomic mass is 10.1. The van der Waals surface area contributed by atoms with Crippen molar-refractivity contribution in [1.82, 2.24) is 4.98 Å². The zero-order chi connectivity index (χ0) is 11.5. The molecule has 1 N–H and O–H groups in total. The van der Waals surface area contributed by atoms with Gasteiger partial charge in [-0.15, -0.1) is 0 Å². The lowest BCUT2D eigenvalue weighted by molar-refractivity contribution is 1.28. The monoisotopic (exact) mass is 276 g/mol. The van der Waals surface area contributed by atoms with Crippen LogP contribution in [-0.2, 0) is 0 Å². The molecule has 82 valence electrons. The van der Waals surface area contributed by atoms with Gasteiger partial charge in [0.1, 0.15) is 5.82 Å². The molecule has 0 amide bonds. The van der Waals surface area contributed by atoms with Gasteiger partial charge < -0.3 is 5.32 Å². The highest BCUT2D eigenvalue weighted by atomic mass is 79.9. The van der Waals surface area contributed by atoms with Crippen LogP contribution in [0.3, 0.4) is 0 Å². The standard InChI is InChI=1S/C13H13BrN2/c1-9-3-4-10(2)12(7-9)16-13-6-5-11(14)8-15-13/h3-8H,1-2H3,(H,15,16). The molecule has 0 atom stereocenters. The smallest absolute Gasteiger partial charge is 0.130 e. The maximum absolute atomic E-state index is 4.29. The minimum atomic E-state index is 0.858. The van der Waals surface area contributed by atoms with Crippen LogP contribution in [0.25, 0.3) is 0 Å². The lowest BCUT2D eigenvalue weighted by Gasteiger charge is -2.09. The molecule has 0 saturated heterocycles. The van der Waals surface area contributed by atoms with Crippen LogP contribution < -0.4 is 5.32 Å². The Morgan fingerprint density at radius 2 is 1.94 bits per heavy atom. The number of nitrogens with one attached hydrogen (secondary N) is 1. The zero-order valence-corrected chi connectivity index (χ0v) is 10.9. The molecular weight excluding hydrogens is 264 g/mol. The largest absolute Gasteiger partial charge is 0.340 e. The molecule has 0 aliphatic rings. The SMILES string of the molecule is Cc1ccc(C)c(Nc2ccc(Br)cn2)c1. The highest BCUT2D eigenvalue weighted by Gasteiger charge is 2.00. The molecule has 0 aliphatic carbocycles. The van der Waals surface area contributed by atoms with Crippen molar-refractivity contribution in [2.24, 2.45) is 0 Å². The minimum absolute atomic E-state index is 0.858. The van der Waals surface area contributed by atoms with Crippen molar-refractivity contribution in [1.29, 1.82) is 0 Å². The highest BCUT2D eigenvalue weighted by Crippen LogP contribution is 2.21. The molecule has 0 spiro atoms. The minimum Gasteiger partial charge on any atom is -0.340 e.